The second-order valence-electron chi connectivity index (χ2n) is 4.77. The Hall–Kier alpha value is -1.11. The molecule has 0 saturated carbocycles. The predicted molar refractivity (Wildman–Crippen MR) is 74.9 cm³/mol. The minimum absolute atomic E-state index is 0.111. The quantitative estimate of drug-likeness (QED) is 0.859. The van der Waals surface area contributed by atoms with Gasteiger partial charge in [0.15, 0.2) is 5.82 Å². The summed E-state index contributed by atoms with van der Waals surface area (Å²) in [6.45, 7) is 8.06. The van der Waals surface area contributed by atoms with E-state index in [9.17, 15) is 4.79 Å². The number of morpholine rings is 1. The van der Waals surface area contributed by atoms with Crippen molar-refractivity contribution in [3.63, 3.8) is 0 Å². The van der Waals surface area contributed by atoms with Gasteiger partial charge in [0.2, 0.25) is 0 Å². The van der Waals surface area contributed by atoms with Gasteiger partial charge in [0.25, 0.3) is 5.56 Å². The fourth-order valence-electron chi connectivity index (χ4n) is 2.12. The maximum absolute atomic E-state index is 11.5. The molecule has 0 radical (unpaired) electrons. The molecule has 1 unspecified atom stereocenters. The number of nitrogens with one attached hydrogen (secondary N) is 2. The lowest BCUT2D eigenvalue weighted by atomic mass is 10.3. The molecule has 19 heavy (non-hydrogen) atoms. The Balaban J connectivity index is 1.98. The number of nitrogens with zero attached hydrogens (tertiary/aromatic N) is 2. The van der Waals surface area contributed by atoms with Crippen molar-refractivity contribution >= 4 is 17.4 Å². The molecule has 0 aromatic carbocycles. The molecule has 2 N–H and O–H groups in total. The summed E-state index contributed by atoms with van der Waals surface area (Å²) in [6.07, 6.45) is 0. The predicted octanol–water partition coefficient (Wildman–Crippen LogP) is 0.864. The van der Waals surface area contributed by atoms with E-state index in [0.29, 0.717) is 11.6 Å². The van der Waals surface area contributed by atoms with E-state index >= 15 is 0 Å². The zero-order valence-electron chi connectivity index (χ0n) is 11.2. The zero-order chi connectivity index (χ0) is 13.8. The number of rotatable bonds is 4. The maximum Gasteiger partial charge on any atom is 0.271 e. The van der Waals surface area contributed by atoms with Crippen LogP contribution in [0, 0.1) is 6.92 Å². The summed E-state index contributed by atoms with van der Waals surface area (Å²) in [6, 6.07) is 0.157. The SMILES string of the molecule is Cc1nc(NC(C)CN2CCOCC2)c(Cl)c(=O)[nH]1. The van der Waals surface area contributed by atoms with E-state index in [-0.39, 0.29) is 16.6 Å². The molecule has 1 aliphatic rings. The second-order valence-corrected chi connectivity index (χ2v) is 5.15. The van der Waals surface area contributed by atoms with Crippen LogP contribution in [0.15, 0.2) is 4.79 Å². The third kappa shape index (κ3) is 3.92. The zero-order valence-corrected chi connectivity index (χ0v) is 12.0. The van der Waals surface area contributed by atoms with Gasteiger partial charge in [-0.05, 0) is 13.8 Å². The Morgan fingerprint density at radius 3 is 2.89 bits per heavy atom. The van der Waals surface area contributed by atoms with Crippen LogP contribution in [0.5, 0.6) is 0 Å². The van der Waals surface area contributed by atoms with Crippen LogP contribution in [0.1, 0.15) is 12.7 Å². The van der Waals surface area contributed by atoms with Crippen molar-refractivity contribution in [3.8, 4) is 0 Å². The fourth-order valence-corrected chi connectivity index (χ4v) is 2.26. The first kappa shape index (κ1) is 14.3. The Labute approximate surface area is 117 Å². The summed E-state index contributed by atoms with van der Waals surface area (Å²) in [4.78, 5) is 20.6. The topological polar surface area (TPSA) is 70.2 Å². The lowest BCUT2D eigenvalue weighted by Crippen LogP contribution is -2.42. The summed E-state index contributed by atoms with van der Waals surface area (Å²) in [5, 5.41) is 3.30. The number of H-pyrrole nitrogens is 1. The highest BCUT2D eigenvalue weighted by molar-refractivity contribution is 6.32. The van der Waals surface area contributed by atoms with Crippen LogP contribution in [0.25, 0.3) is 0 Å². The van der Waals surface area contributed by atoms with E-state index < -0.39 is 0 Å². The number of aryl methyl sites for hydroxylation is 1. The standard InChI is InChI=1S/C12H19ClN4O2/c1-8(7-17-3-5-19-6-4-17)14-11-10(13)12(18)16-9(2)15-11/h8H,3-7H2,1-2H3,(H2,14,15,16,18). The minimum Gasteiger partial charge on any atom is -0.379 e. The van der Waals surface area contributed by atoms with E-state index in [1.54, 1.807) is 6.92 Å². The van der Waals surface area contributed by atoms with Crippen molar-refractivity contribution in [2.75, 3.05) is 38.2 Å². The summed E-state index contributed by atoms with van der Waals surface area (Å²) < 4.78 is 5.31. The normalized spacial score (nSPS) is 18.3. The molecule has 1 aromatic heterocycles. The van der Waals surface area contributed by atoms with Crippen LogP contribution in [-0.2, 0) is 4.74 Å². The van der Waals surface area contributed by atoms with Crippen molar-refractivity contribution in [1.82, 2.24) is 14.9 Å². The molecule has 1 saturated heterocycles. The lowest BCUT2D eigenvalue weighted by Gasteiger charge is -2.29. The maximum atomic E-state index is 11.5. The first-order chi connectivity index (χ1) is 9.06. The molecule has 7 heteroatoms. The Bertz CT molecular complexity index is 485. The smallest absolute Gasteiger partial charge is 0.271 e. The molecule has 0 amide bonds. The van der Waals surface area contributed by atoms with Gasteiger partial charge in [0.05, 0.1) is 13.2 Å². The number of hydrogen-bond donors (Lipinski definition) is 2. The molecule has 0 spiro atoms. The van der Waals surface area contributed by atoms with Crippen molar-refractivity contribution in [2.45, 2.75) is 19.9 Å². The summed E-state index contributed by atoms with van der Waals surface area (Å²) in [7, 11) is 0. The van der Waals surface area contributed by atoms with Gasteiger partial charge in [0.1, 0.15) is 10.8 Å². The van der Waals surface area contributed by atoms with E-state index in [1.807, 2.05) is 6.92 Å². The molecular weight excluding hydrogens is 268 g/mol. The second kappa shape index (κ2) is 6.36. The molecule has 1 fully saturated rings. The number of anilines is 1. The summed E-state index contributed by atoms with van der Waals surface area (Å²) in [5.41, 5.74) is -0.310. The van der Waals surface area contributed by atoms with Crippen molar-refractivity contribution in [3.05, 3.63) is 21.2 Å². The van der Waals surface area contributed by atoms with Crippen LogP contribution >= 0.6 is 11.6 Å². The van der Waals surface area contributed by atoms with Gasteiger partial charge in [0, 0.05) is 25.7 Å². The van der Waals surface area contributed by atoms with Crippen LogP contribution in [0.3, 0.4) is 0 Å². The Morgan fingerprint density at radius 1 is 1.53 bits per heavy atom. The highest BCUT2D eigenvalue weighted by Crippen LogP contribution is 2.15. The first-order valence-electron chi connectivity index (χ1n) is 6.39. The third-order valence-corrected chi connectivity index (χ3v) is 3.35. The van der Waals surface area contributed by atoms with Crippen LogP contribution in [0.2, 0.25) is 5.02 Å². The highest BCUT2D eigenvalue weighted by atomic mass is 35.5. The molecule has 1 aliphatic heterocycles. The van der Waals surface area contributed by atoms with Crippen LogP contribution in [-0.4, -0.2) is 53.8 Å². The summed E-state index contributed by atoms with van der Waals surface area (Å²) in [5.74, 6) is 0.999. The highest BCUT2D eigenvalue weighted by Gasteiger charge is 2.15. The number of halogens is 1. The lowest BCUT2D eigenvalue weighted by molar-refractivity contribution is 0.0368. The Kier molecular flexibility index (Phi) is 4.79. The van der Waals surface area contributed by atoms with Gasteiger partial charge in [-0.15, -0.1) is 0 Å². The average Bonchev–Trinajstić information content (AvgIpc) is 2.36. The fraction of sp³-hybridized carbons (Fsp3) is 0.667. The van der Waals surface area contributed by atoms with Gasteiger partial charge in [-0.25, -0.2) is 4.98 Å². The molecule has 106 valence electrons. The van der Waals surface area contributed by atoms with Gasteiger partial charge in [-0.2, -0.15) is 0 Å². The van der Waals surface area contributed by atoms with Crippen LogP contribution < -0.4 is 10.9 Å². The van der Waals surface area contributed by atoms with Gasteiger partial charge in [-0.1, -0.05) is 11.6 Å². The molecule has 0 bridgehead atoms. The monoisotopic (exact) mass is 286 g/mol. The van der Waals surface area contributed by atoms with Gasteiger partial charge in [-0.3, -0.25) is 9.69 Å². The minimum atomic E-state index is -0.310. The van der Waals surface area contributed by atoms with E-state index in [0.717, 1.165) is 32.8 Å². The van der Waals surface area contributed by atoms with Crippen LogP contribution in [0.4, 0.5) is 5.82 Å². The number of hydrogen-bond acceptors (Lipinski definition) is 5. The largest absolute Gasteiger partial charge is 0.379 e. The molecule has 0 aliphatic carbocycles. The van der Waals surface area contributed by atoms with E-state index in [2.05, 4.69) is 20.2 Å². The van der Waals surface area contributed by atoms with E-state index in [1.165, 1.54) is 0 Å². The van der Waals surface area contributed by atoms with Crippen molar-refractivity contribution in [1.29, 1.82) is 0 Å². The molecule has 1 aromatic rings. The first-order valence-corrected chi connectivity index (χ1v) is 6.77. The van der Waals surface area contributed by atoms with Gasteiger partial charge >= 0.3 is 0 Å². The van der Waals surface area contributed by atoms with Crippen molar-refractivity contribution < 1.29 is 4.74 Å². The Morgan fingerprint density at radius 2 is 2.21 bits per heavy atom. The number of aromatic amines is 1. The molecule has 2 rings (SSSR count). The number of ether oxygens (including phenoxy) is 1. The molecule has 6 nitrogen and oxygen atoms in total. The number of aromatic nitrogens is 2. The summed E-state index contributed by atoms with van der Waals surface area (Å²) >= 11 is 5.95. The van der Waals surface area contributed by atoms with E-state index in [4.69, 9.17) is 16.3 Å². The third-order valence-electron chi connectivity index (χ3n) is 3.00. The van der Waals surface area contributed by atoms with Gasteiger partial charge < -0.3 is 15.0 Å². The molecular formula is C12H19ClN4O2. The molecule has 2 heterocycles. The molecule has 1 atom stereocenters. The van der Waals surface area contributed by atoms with Crippen molar-refractivity contribution in [2.24, 2.45) is 0 Å². The average molecular weight is 287 g/mol.